The minimum Gasteiger partial charge on any atom is -0.280 e. The van der Waals surface area contributed by atoms with Crippen molar-refractivity contribution in [1.82, 2.24) is 10.2 Å². The number of aromatic amines is 1. The largest absolute Gasteiger partial charge is 0.291 e. The van der Waals surface area contributed by atoms with Gasteiger partial charge in [0.25, 0.3) is 15.7 Å². The molecule has 2 aromatic rings. The number of nitrogens with zero attached hydrogens (tertiary/aromatic N) is 2. The summed E-state index contributed by atoms with van der Waals surface area (Å²) in [5.41, 5.74) is 0.702. The summed E-state index contributed by atoms with van der Waals surface area (Å²) in [7, 11) is -4.15. The zero-order valence-corrected chi connectivity index (χ0v) is 12.6. The highest BCUT2D eigenvalue weighted by Crippen LogP contribution is 2.29. The van der Waals surface area contributed by atoms with E-state index in [-0.39, 0.29) is 10.8 Å². The normalized spacial score (nSPS) is 11.4. The molecule has 2 N–H and O–H groups in total. The van der Waals surface area contributed by atoms with Gasteiger partial charge in [-0.1, -0.05) is 11.6 Å². The summed E-state index contributed by atoms with van der Waals surface area (Å²) in [5.74, 6) is 0.0942. The molecule has 21 heavy (non-hydrogen) atoms. The van der Waals surface area contributed by atoms with Crippen LogP contribution < -0.4 is 4.72 Å². The van der Waals surface area contributed by atoms with Crippen molar-refractivity contribution in [1.29, 1.82) is 0 Å². The first kappa shape index (κ1) is 15.3. The van der Waals surface area contributed by atoms with Gasteiger partial charge in [-0.25, -0.2) is 8.42 Å². The highest BCUT2D eigenvalue weighted by atomic mass is 35.5. The van der Waals surface area contributed by atoms with E-state index in [2.05, 4.69) is 14.9 Å². The Morgan fingerprint density at radius 3 is 2.57 bits per heavy atom. The van der Waals surface area contributed by atoms with Crippen molar-refractivity contribution in [3.63, 3.8) is 0 Å². The van der Waals surface area contributed by atoms with Gasteiger partial charge in [0.05, 0.1) is 4.92 Å². The minimum absolute atomic E-state index is 0.0763. The van der Waals surface area contributed by atoms with Gasteiger partial charge in [-0.05, 0) is 26.0 Å². The van der Waals surface area contributed by atoms with Gasteiger partial charge in [0.1, 0.15) is 0 Å². The number of aromatic nitrogens is 2. The van der Waals surface area contributed by atoms with Crippen LogP contribution in [0, 0.1) is 24.0 Å². The quantitative estimate of drug-likeness (QED) is 0.659. The summed E-state index contributed by atoms with van der Waals surface area (Å²) < 4.78 is 26.8. The fourth-order valence-electron chi connectivity index (χ4n) is 1.63. The Morgan fingerprint density at radius 1 is 1.38 bits per heavy atom. The molecule has 112 valence electrons. The van der Waals surface area contributed by atoms with Crippen LogP contribution in [-0.2, 0) is 10.0 Å². The first-order valence-electron chi connectivity index (χ1n) is 5.70. The number of sulfonamides is 1. The number of halogens is 1. The number of nitro groups is 1. The molecule has 0 spiro atoms. The van der Waals surface area contributed by atoms with Gasteiger partial charge < -0.3 is 0 Å². The Labute approximate surface area is 125 Å². The summed E-state index contributed by atoms with van der Waals surface area (Å²) in [6, 6.07) is 3.34. The van der Waals surface area contributed by atoms with E-state index in [1.165, 1.54) is 6.07 Å². The second-order valence-electron chi connectivity index (χ2n) is 4.30. The average molecular weight is 331 g/mol. The highest BCUT2D eigenvalue weighted by molar-refractivity contribution is 7.92. The van der Waals surface area contributed by atoms with Crippen LogP contribution in [0.25, 0.3) is 0 Å². The number of H-pyrrole nitrogens is 1. The molecule has 0 bridgehead atoms. The third kappa shape index (κ3) is 2.98. The van der Waals surface area contributed by atoms with Crippen LogP contribution in [0.2, 0.25) is 5.02 Å². The standard InChI is InChI=1S/C11H11ClN4O4S/c1-6-7(2)13-14-11(6)15-21(19,20)10-4-3-8(12)5-9(10)16(17)18/h3-5H,1-2H3,(H2,13,14,15). The molecule has 0 unspecified atom stereocenters. The summed E-state index contributed by atoms with van der Waals surface area (Å²) in [6.07, 6.45) is 0. The lowest BCUT2D eigenvalue weighted by molar-refractivity contribution is -0.387. The number of benzene rings is 1. The first-order chi connectivity index (χ1) is 9.72. The molecule has 0 saturated carbocycles. The smallest absolute Gasteiger partial charge is 0.280 e. The SMILES string of the molecule is Cc1[nH]nc(NS(=O)(=O)c2ccc(Cl)cc2[N+](=O)[O-])c1C. The van der Waals surface area contributed by atoms with E-state index in [4.69, 9.17) is 11.6 Å². The zero-order valence-electron chi connectivity index (χ0n) is 11.0. The molecule has 0 radical (unpaired) electrons. The predicted octanol–water partition coefficient (Wildman–Crippen LogP) is 2.39. The third-order valence-electron chi connectivity index (χ3n) is 2.89. The van der Waals surface area contributed by atoms with E-state index in [1.54, 1.807) is 13.8 Å². The van der Waals surface area contributed by atoms with Gasteiger partial charge in [-0.15, -0.1) is 0 Å². The Balaban J connectivity index is 2.50. The van der Waals surface area contributed by atoms with Crippen LogP contribution in [0.4, 0.5) is 11.5 Å². The Kier molecular flexibility index (Phi) is 3.88. The topological polar surface area (TPSA) is 118 Å². The van der Waals surface area contributed by atoms with Crippen molar-refractivity contribution in [2.75, 3.05) is 4.72 Å². The minimum atomic E-state index is -4.15. The fraction of sp³-hybridized carbons (Fsp3) is 0.182. The van der Waals surface area contributed by atoms with Crippen LogP contribution in [0.5, 0.6) is 0 Å². The lowest BCUT2D eigenvalue weighted by atomic mass is 10.3. The number of aryl methyl sites for hydroxylation is 1. The molecule has 1 heterocycles. The maximum Gasteiger partial charge on any atom is 0.291 e. The van der Waals surface area contributed by atoms with Crippen molar-refractivity contribution >= 4 is 33.1 Å². The van der Waals surface area contributed by atoms with Gasteiger partial charge in [-0.2, -0.15) is 5.10 Å². The van der Waals surface area contributed by atoms with Crippen molar-refractivity contribution < 1.29 is 13.3 Å². The number of hydrogen-bond donors (Lipinski definition) is 2. The molecule has 0 aliphatic rings. The van der Waals surface area contributed by atoms with E-state index in [0.29, 0.717) is 11.3 Å². The molecule has 0 aliphatic carbocycles. The monoisotopic (exact) mass is 330 g/mol. The second-order valence-corrected chi connectivity index (χ2v) is 6.38. The lowest BCUT2D eigenvalue weighted by Gasteiger charge is -2.07. The maximum absolute atomic E-state index is 12.3. The van der Waals surface area contributed by atoms with Crippen molar-refractivity contribution in [3.8, 4) is 0 Å². The van der Waals surface area contributed by atoms with E-state index in [1.807, 2.05) is 0 Å². The van der Waals surface area contributed by atoms with Crippen molar-refractivity contribution in [2.24, 2.45) is 0 Å². The number of rotatable bonds is 4. The van der Waals surface area contributed by atoms with Gasteiger partial charge in [0, 0.05) is 22.3 Å². The van der Waals surface area contributed by atoms with Crippen LogP contribution in [0.15, 0.2) is 23.1 Å². The molecule has 0 fully saturated rings. The van der Waals surface area contributed by atoms with E-state index in [0.717, 1.165) is 12.1 Å². The summed E-state index contributed by atoms with van der Waals surface area (Å²) in [5, 5.41) is 17.5. The number of anilines is 1. The lowest BCUT2D eigenvalue weighted by Crippen LogP contribution is -2.15. The fourth-order valence-corrected chi connectivity index (χ4v) is 3.01. The van der Waals surface area contributed by atoms with Gasteiger partial charge in [0.2, 0.25) is 0 Å². The molecular formula is C11H11ClN4O4S. The van der Waals surface area contributed by atoms with E-state index >= 15 is 0 Å². The maximum atomic E-state index is 12.3. The van der Waals surface area contributed by atoms with Gasteiger partial charge >= 0.3 is 0 Å². The number of hydrogen-bond acceptors (Lipinski definition) is 5. The van der Waals surface area contributed by atoms with Crippen molar-refractivity contribution in [2.45, 2.75) is 18.7 Å². The van der Waals surface area contributed by atoms with Gasteiger partial charge in [-0.3, -0.25) is 19.9 Å². The van der Waals surface area contributed by atoms with E-state index in [9.17, 15) is 18.5 Å². The van der Waals surface area contributed by atoms with Crippen molar-refractivity contribution in [3.05, 3.63) is 44.6 Å². The van der Waals surface area contributed by atoms with E-state index < -0.39 is 25.5 Å². The highest BCUT2D eigenvalue weighted by Gasteiger charge is 2.27. The Morgan fingerprint density at radius 2 is 2.05 bits per heavy atom. The summed E-state index contributed by atoms with van der Waals surface area (Å²) in [4.78, 5) is 9.70. The third-order valence-corrected chi connectivity index (χ3v) is 4.51. The number of nitro benzene ring substituents is 1. The van der Waals surface area contributed by atoms with Crippen LogP contribution >= 0.6 is 11.6 Å². The van der Waals surface area contributed by atoms with Crippen LogP contribution in [-0.4, -0.2) is 23.5 Å². The molecule has 1 aromatic carbocycles. The number of nitrogens with one attached hydrogen (secondary N) is 2. The Bertz CT molecular complexity index is 816. The average Bonchev–Trinajstić information content (AvgIpc) is 2.70. The van der Waals surface area contributed by atoms with Crippen LogP contribution in [0.1, 0.15) is 11.3 Å². The molecule has 0 amide bonds. The Hall–Kier alpha value is -2.13. The summed E-state index contributed by atoms with van der Waals surface area (Å²) >= 11 is 5.66. The molecule has 2 rings (SSSR count). The first-order valence-corrected chi connectivity index (χ1v) is 7.57. The summed E-state index contributed by atoms with van der Waals surface area (Å²) in [6.45, 7) is 3.40. The van der Waals surface area contributed by atoms with Gasteiger partial charge in [0.15, 0.2) is 10.7 Å². The predicted molar refractivity (Wildman–Crippen MR) is 77.0 cm³/mol. The molecule has 0 saturated heterocycles. The molecule has 0 aliphatic heterocycles. The molecule has 8 nitrogen and oxygen atoms in total. The molecular weight excluding hydrogens is 320 g/mol. The second kappa shape index (κ2) is 5.34. The van der Waals surface area contributed by atoms with Crippen LogP contribution in [0.3, 0.4) is 0 Å². The molecule has 10 heteroatoms. The zero-order chi connectivity index (χ0) is 15.8. The molecule has 0 atom stereocenters. The molecule has 1 aromatic heterocycles.